The Morgan fingerprint density at radius 2 is 1.03 bits per heavy atom. The van der Waals surface area contributed by atoms with Gasteiger partial charge in [-0.3, -0.25) is 0 Å². The number of hydrogen-bond donors (Lipinski definition) is 0. The monoisotopic (exact) mass is 390 g/mol. The molecule has 0 aromatic heterocycles. The first-order valence-corrected chi connectivity index (χ1v) is 9.45. The van der Waals surface area contributed by atoms with Crippen molar-refractivity contribution in [2.24, 2.45) is 0 Å². The summed E-state index contributed by atoms with van der Waals surface area (Å²) in [6.45, 7) is 4.51. The highest BCUT2D eigenvalue weighted by atomic mass is 16.5. The summed E-state index contributed by atoms with van der Waals surface area (Å²) >= 11 is 0. The summed E-state index contributed by atoms with van der Waals surface area (Å²) < 4.78 is 16.1. The zero-order valence-electron chi connectivity index (χ0n) is 16.4. The molecule has 0 aliphatic heterocycles. The van der Waals surface area contributed by atoms with Crippen LogP contribution in [0.15, 0.2) is 72.8 Å². The fourth-order valence-corrected chi connectivity index (χ4v) is 2.64. The zero-order valence-corrected chi connectivity index (χ0v) is 16.4. The molecule has 0 saturated heterocycles. The van der Waals surface area contributed by atoms with Crippen LogP contribution in [0, 0.1) is 0 Å². The number of aryl methyl sites for hydroxylation is 1. The van der Waals surface area contributed by atoms with Crippen LogP contribution in [0.2, 0.25) is 0 Å². The minimum absolute atomic E-state index is 0.357. The standard InChI is InChI=1S/C24H22O5/c1-3-17-5-7-18(8-6-17)23(25)28-21-13-15-22(16-14-21)29-24(26)19-9-11-20(12-10-19)27-4-2/h5-16H,3-4H2,1-2H3. The molecule has 0 amide bonds. The largest absolute Gasteiger partial charge is 0.494 e. The van der Waals surface area contributed by atoms with Crippen molar-refractivity contribution < 1.29 is 23.8 Å². The number of esters is 2. The van der Waals surface area contributed by atoms with Gasteiger partial charge in [0.2, 0.25) is 0 Å². The van der Waals surface area contributed by atoms with Crippen molar-refractivity contribution in [3.8, 4) is 17.2 Å². The third kappa shape index (κ3) is 5.45. The highest BCUT2D eigenvalue weighted by Crippen LogP contribution is 2.21. The Balaban J connectivity index is 1.59. The van der Waals surface area contributed by atoms with Crippen molar-refractivity contribution in [1.29, 1.82) is 0 Å². The fourth-order valence-electron chi connectivity index (χ4n) is 2.64. The van der Waals surface area contributed by atoms with Gasteiger partial charge in [0.15, 0.2) is 0 Å². The summed E-state index contributed by atoms with van der Waals surface area (Å²) in [7, 11) is 0. The summed E-state index contributed by atoms with van der Waals surface area (Å²) in [4.78, 5) is 24.5. The van der Waals surface area contributed by atoms with E-state index in [0.717, 1.165) is 12.0 Å². The smallest absolute Gasteiger partial charge is 0.343 e. The lowest BCUT2D eigenvalue weighted by atomic mass is 10.1. The van der Waals surface area contributed by atoms with E-state index in [1.54, 1.807) is 60.7 Å². The van der Waals surface area contributed by atoms with Gasteiger partial charge >= 0.3 is 11.9 Å². The number of rotatable bonds is 7. The van der Waals surface area contributed by atoms with Crippen LogP contribution >= 0.6 is 0 Å². The van der Waals surface area contributed by atoms with Crippen LogP contribution in [0.3, 0.4) is 0 Å². The molecule has 0 saturated carbocycles. The molecule has 0 heterocycles. The molecular formula is C24H22O5. The lowest BCUT2D eigenvalue weighted by molar-refractivity contribution is 0.0719. The Bertz CT molecular complexity index is 958. The predicted octanol–water partition coefficient (Wildman–Crippen LogP) is 5.09. The SMILES string of the molecule is CCOc1ccc(C(=O)Oc2ccc(OC(=O)c3ccc(CC)cc3)cc2)cc1. The average molecular weight is 390 g/mol. The molecule has 0 unspecified atom stereocenters. The maximum atomic E-state index is 12.2. The van der Waals surface area contributed by atoms with Crippen molar-refractivity contribution in [1.82, 2.24) is 0 Å². The number of carbonyl (C=O) groups is 2. The first-order valence-electron chi connectivity index (χ1n) is 9.45. The number of hydrogen-bond acceptors (Lipinski definition) is 5. The first kappa shape index (κ1) is 20.1. The van der Waals surface area contributed by atoms with Gasteiger partial charge in [-0.2, -0.15) is 0 Å². The van der Waals surface area contributed by atoms with Crippen LogP contribution in [0.1, 0.15) is 40.1 Å². The summed E-state index contributed by atoms with van der Waals surface area (Å²) in [5.41, 5.74) is 2.05. The Morgan fingerprint density at radius 1 is 0.621 bits per heavy atom. The van der Waals surface area contributed by atoms with E-state index in [1.807, 2.05) is 19.1 Å². The van der Waals surface area contributed by atoms with Gasteiger partial charge in [0.1, 0.15) is 17.2 Å². The van der Waals surface area contributed by atoms with Crippen molar-refractivity contribution >= 4 is 11.9 Å². The van der Waals surface area contributed by atoms with Crippen LogP contribution in [0.25, 0.3) is 0 Å². The van der Waals surface area contributed by atoms with Crippen LogP contribution in [0.5, 0.6) is 17.2 Å². The topological polar surface area (TPSA) is 61.8 Å². The molecule has 5 heteroatoms. The molecule has 3 rings (SSSR count). The quantitative estimate of drug-likeness (QED) is 0.416. The van der Waals surface area contributed by atoms with Crippen molar-refractivity contribution in [3.05, 3.63) is 89.5 Å². The molecule has 29 heavy (non-hydrogen) atoms. The summed E-state index contributed by atoms with van der Waals surface area (Å²) in [5, 5.41) is 0. The second-order valence-corrected chi connectivity index (χ2v) is 6.26. The molecule has 0 aliphatic rings. The van der Waals surface area contributed by atoms with Gasteiger partial charge < -0.3 is 14.2 Å². The van der Waals surface area contributed by atoms with E-state index in [-0.39, 0.29) is 0 Å². The maximum absolute atomic E-state index is 12.2. The van der Waals surface area contributed by atoms with E-state index in [9.17, 15) is 9.59 Å². The van der Waals surface area contributed by atoms with E-state index in [4.69, 9.17) is 14.2 Å². The average Bonchev–Trinajstić information content (AvgIpc) is 2.76. The van der Waals surface area contributed by atoms with Gasteiger partial charge in [-0.05, 0) is 79.6 Å². The van der Waals surface area contributed by atoms with Gasteiger partial charge in [-0.15, -0.1) is 0 Å². The van der Waals surface area contributed by atoms with E-state index >= 15 is 0 Å². The fraction of sp³-hybridized carbons (Fsp3) is 0.167. The molecule has 3 aromatic carbocycles. The van der Waals surface area contributed by atoms with E-state index in [1.165, 1.54) is 0 Å². The van der Waals surface area contributed by atoms with Crippen molar-refractivity contribution in [3.63, 3.8) is 0 Å². The highest BCUT2D eigenvalue weighted by molar-refractivity contribution is 5.92. The van der Waals surface area contributed by atoms with Crippen molar-refractivity contribution in [2.45, 2.75) is 20.3 Å². The van der Waals surface area contributed by atoms with E-state index in [2.05, 4.69) is 6.92 Å². The second kappa shape index (κ2) is 9.55. The third-order valence-electron chi connectivity index (χ3n) is 4.24. The predicted molar refractivity (Wildman–Crippen MR) is 110 cm³/mol. The Hall–Kier alpha value is -3.60. The van der Waals surface area contributed by atoms with E-state index < -0.39 is 11.9 Å². The molecule has 0 radical (unpaired) electrons. The molecule has 3 aromatic rings. The van der Waals surface area contributed by atoms with Crippen molar-refractivity contribution in [2.75, 3.05) is 6.61 Å². The molecular weight excluding hydrogens is 368 g/mol. The van der Waals surface area contributed by atoms with Crippen LogP contribution in [-0.4, -0.2) is 18.5 Å². The lowest BCUT2D eigenvalue weighted by Crippen LogP contribution is -2.09. The summed E-state index contributed by atoms with van der Waals surface area (Å²) in [6.07, 6.45) is 0.909. The normalized spacial score (nSPS) is 10.3. The minimum Gasteiger partial charge on any atom is -0.494 e. The molecule has 0 spiro atoms. The Morgan fingerprint density at radius 3 is 1.45 bits per heavy atom. The van der Waals surface area contributed by atoms with Crippen LogP contribution < -0.4 is 14.2 Å². The molecule has 0 atom stereocenters. The van der Waals surface area contributed by atoms with Gasteiger partial charge in [0, 0.05) is 0 Å². The van der Waals surface area contributed by atoms with Gasteiger partial charge in [-0.25, -0.2) is 9.59 Å². The number of carbonyl (C=O) groups excluding carboxylic acids is 2. The first-order chi connectivity index (χ1) is 14.1. The van der Waals surface area contributed by atoms with Crippen LogP contribution in [0.4, 0.5) is 0 Å². The summed E-state index contributed by atoms with van der Waals surface area (Å²) in [5.74, 6) is 0.506. The van der Waals surface area contributed by atoms with Gasteiger partial charge in [0.05, 0.1) is 17.7 Å². The second-order valence-electron chi connectivity index (χ2n) is 6.26. The highest BCUT2D eigenvalue weighted by Gasteiger charge is 2.11. The maximum Gasteiger partial charge on any atom is 0.343 e. The summed E-state index contributed by atoms with van der Waals surface area (Å²) in [6, 6.07) is 20.3. The lowest BCUT2D eigenvalue weighted by Gasteiger charge is -2.08. The number of benzene rings is 3. The molecule has 0 bridgehead atoms. The molecule has 0 aliphatic carbocycles. The third-order valence-corrected chi connectivity index (χ3v) is 4.24. The minimum atomic E-state index is -0.478. The Kier molecular flexibility index (Phi) is 6.63. The van der Waals surface area contributed by atoms with Gasteiger partial charge in [-0.1, -0.05) is 19.1 Å². The molecule has 0 fully saturated rings. The molecule has 5 nitrogen and oxygen atoms in total. The molecule has 0 N–H and O–H groups in total. The zero-order chi connectivity index (χ0) is 20.6. The van der Waals surface area contributed by atoms with E-state index in [0.29, 0.717) is 35.0 Å². The van der Waals surface area contributed by atoms with Crippen LogP contribution in [-0.2, 0) is 6.42 Å². The Labute approximate surface area is 169 Å². The van der Waals surface area contributed by atoms with Gasteiger partial charge in [0.25, 0.3) is 0 Å². The number of ether oxygens (including phenoxy) is 3. The molecule has 148 valence electrons.